The lowest BCUT2D eigenvalue weighted by molar-refractivity contribution is -0.142. The lowest BCUT2D eigenvalue weighted by atomic mass is 9.84. The minimum Gasteiger partial charge on any atom is -0.508 e. The summed E-state index contributed by atoms with van der Waals surface area (Å²) >= 11 is 0. The summed E-state index contributed by atoms with van der Waals surface area (Å²) in [7, 11) is 0. The topological polar surface area (TPSA) is 136 Å². The first-order valence-corrected chi connectivity index (χ1v) is 11.5. The standard InChI is InChI=1S/C26H25N3O6/c27-25(32)18-8-5-16(23-12-28-14-35-23)11-19(18)20(10-15-3-6-17(30)7-4-15)26(33)29-9-1-2-22-24(29)21(31)13-34-22/h3-8,11-12,14,20,22,24,30H,1-2,9-10,13H2,(H2,27,32). The van der Waals surface area contributed by atoms with Gasteiger partial charge in [0.15, 0.2) is 17.9 Å². The van der Waals surface area contributed by atoms with E-state index in [1.54, 1.807) is 53.6 Å². The van der Waals surface area contributed by atoms with Crippen LogP contribution in [-0.4, -0.2) is 57.9 Å². The lowest BCUT2D eigenvalue weighted by Gasteiger charge is -2.38. The third kappa shape index (κ3) is 4.42. The number of ether oxygens (including phenoxy) is 1. The van der Waals surface area contributed by atoms with Gasteiger partial charge in [0, 0.05) is 17.7 Å². The lowest BCUT2D eigenvalue weighted by Crippen LogP contribution is -2.53. The molecular weight excluding hydrogens is 450 g/mol. The van der Waals surface area contributed by atoms with E-state index in [1.807, 2.05) is 0 Å². The molecule has 2 amide bonds. The number of Topliss-reactive ketones (excluding diaryl/α,β-unsaturated/α-hetero) is 1. The number of amides is 2. The number of nitrogens with two attached hydrogens (primary N) is 1. The minimum absolute atomic E-state index is 0.00471. The van der Waals surface area contributed by atoms with E-state index in [0.717, 1.165) is 12.0 Å². The predicted molar refractivity (Wildman–Crippen MR) is 124 cm³/mol. The summed E-state index contributed by atoms with van der Waals surface area (Å²) in [6.45, 7) is 0.421. The molecule has 9 nitrogen and oxygen atoms in total. The molecule has 3 unspecified atom stereocenters. The van der Waals surface area contributed by atoms with Gasteiger partial charge in [0.2, 0.25) is 11.8 Å². The number of carbonyl (C=O) groups is 3. The summed E-state index contributed by atoms with van der Waals surface area (Å²) in [6, 6.07) is 10.9. The maximum absolute atomic E-state index is 14.1. The fourth-order valence-electron chi connectivity index (χ4n) is 5.02. The van der Waals surface area contributed by atoms with Crippen LogP contribution in [0.2, 0.25) is 0 Å². The van der Waals surface area contributed by atoms with Crippen molar-refractivity contribution in [3.8, 4) is 17.1 Å². The molecule has 1 aromatic heterocycles. The summed E-state index contributed by atoms with van der Waals surface area (Å²) in [6.07, 6.45) is 4.20. The van der Waals surface area contributed by atoms with Crippen molar-refractivity contribution < 1.29 is 28.6 Å². The molecule has 3 atom stereocenters. The number of likely N-dealkylation sites (tertiary alicyclic amines) is 1. The Hall–Kier alpha value is -3.98. The first-order valence-electron chi connectivity index (χ1n) is 11.5. The summed E-state index contributed by atoms with van der Waals surface area (Å²) < 4.78 is 11.1. The van der Waals surface area contributed by atoms with Gasteiger partial charge in [0.1, 0.15) is 18.4 Å². The quantitative estimate of drug-likeness (QED) is 0.559. The van der Waals surface area contributed by atoms with E-state index in [9.17, 15) is 19.5 Å². The summed E-state index contributed by atoms with van der Waals surface area (Å²) in [4.78, 5) is 44.7. The molecule has 2 aliphatic heterocycles. The van der Waals surface area contributed by atoms with Crippen molar-refractivity contribution in [3.63, 3.8) is 0 Å². The number of piperidine rings is 1. The highest BCUT2D eigenvalue weighted by Crippen LogP contribution is 2.34. The number of rotatable bonds is 6. The van der Waals surface area contributed by atoms with Gasteiger partial charge in [0.05, 0.1) is 18.2 Å². The van der Waals surface area contributed by atoms with Crippen molar-refractivity contribution in [1.82, 2.24) is 9.88 Å². The number of primary amides is 1. The Bertz CT molecular complexity index is 1250. The number of carbonyl (C=O) groups excluding carboxylic acids is 3. The molecule has 0 aliphatic carbocycles. The number of hydrogen-bond donors (Lipinski definition) is 2. The highest BCUT2D eigenvalue weighted by Gasteiger charge is 2.46. The van der Waals surface area contributed by atoms with Crippen molar-refractivity contribution in [2.45, 2.75) is 37.3 Å². The number of hydrogen-bond acceptors (Lipinski definition) is 7. The van der Waals surface area contributed by atoms with Gasteiger partial charge in [-0.3, -0.25) is 14.4 Å². The zero-order valence-electron chi connectivity index (χ0n) is 18.9. The predicted octanol–water partition coefficient (Wildman–Crippen LogP) is 2.43. The van der Waals surface area contributed by atoms with E-state index in [4.69, 9.17) is 14.9 Å². The molecule has 9 heteroatoms. The molecule has 2 aromatic carbocycles. The molecular formula is C26H25N3O6. The van der Waals surface area contributed by atoms with E-state index in [0.29, 0.717) is 29.9 Å². The number of phenols is 1. The maximum Gasteiger partial charge on any atom is 0.249 e. The third-order valence-electron chi connectivity index (χ3n) is 6.71. The van der Waals surface area contributed by atoms with Gasteiger partial charge in [-0.2, -0.15) is 0 Å². The van der Waals surface area contributed by atoms with Gasteiger partial charge in [-0.1, -0.05) is 18.2 Å². The fraction of sp³-hybridized carbons (Fsp3) is 0.308. The number of ketones is 1. The molecule has 0 spiro atoms. The molecule has 3 aromatic rings. The van der Waals surface area contributed by atoms with E-state index in [-0.39, 0.29) is 42.1 Å². The molecule has 2 aliphatic rings. The first-order chi connectivity index (χ1) is 16.9. The van der Waals surface area contributed by atoms with Gasteiger partial charge >= 0.3 is 0 Å². The number of aromatic hydroxyl groups is 1. The second kappa shape index (κ2) is 9.34. The van der Waals surface area contributed by atoms with Crippen LogP contribution in [0.5, 0.6) is 5.75 Å². The summed E-state index contributed by atoms with van der Waals surface area (Å²) in [5, 5.41) is 9.71. The molecule has 180 valence electrons. The number of nitrogens with zero attached hydrogens (tertiary/aromatic N) is 2. The molecule has 3 N–H and O–H groups in total. The van der Waals surface area contributed by atoms with Crippen LogP contribution >= 0.6 is 0 Å². The van der Waals surface area contributed by atoms with Crippen molar-refractivity contribution in [3.05, 3.63) is 71.7 Å². The monoisotopic (exact) mass is 475 g/mol. The highest BCUT2D eigenvalue weighted by molar-refractivity contribution is 5.99. The van der Waals surface area contributed by atoms with Crippen LogP contribution in [0.1, 0.15) is 40.2 Å². The molecule has 2 saturated heterocycles. The number of benzene rings is 2. The first kappa shape index (κ1) is 22.8. The fourth-order valence-corrected chi connectivity index (χ4v) is 5.02. The minimum atomic E-state index is -0.808. The van der Waals surface area contributed by atoms with Crippen LogP contribution in [0.15, 0.2) is 59.5 Å². The second-order valence-electron chi connectivity index (χ2n) is 8.89. The average Bonchev–Trinajstić information content (AvgIpc) is 3.53. The molecule has 0 bridgehead atoms. The Labute approximate surface area is 201 Å². The molecule has 2 fully saturated rings. The van der Waals surface area contributed by atoms with Gasteiger partial charge in [-0.15, -0.1) is 0 Å². The molecule has 35 heavy (non-hydrogen) atoms. The van der Waals surface area contributed by atoms with Crippen molar-refractivity contribution in [2.75, 3.05) is 13.2 Å². The maximum atomic E-state index is 14.1. The normalized spacial score (nSPS) is 20.5. The Morgan fingerprint density at radius 3 is 2.71 bits per heavy atom. The molecule has 3 heterocycles. The van der Waals surface area contributed by atoms with E-state index >= 15 is 0 Å². The Morgan fingerprint density at radius 2 is 2.00 bits per heavy atom. The molecule has 0 radical (unpaired) electrons. The second-order valence-corrected chi connectivity index (χ2v) is 8.89. The van der Waals surface area contributed by atoms with Gasteiger partial charge < -0.3 is 24.9 Å². The average molecular weight is 476 g/mol. The number of oxazole rings is 1. The Balaban J connectivity index is 1.60. The van der Waals surface area contributed by atoms with Gasteiger partial charge in [-0.25, -0.2) is 4.98 Å². The van der Waals surface area contributed by atoms with Crippen LogP contribution < -0.4 is 5.73 Å². The van der Waals surface area contributed by atoms with Crippen LogP contribution in [0.25, 0.3) is 11.3 Å². The van der Waals surface area contributed by atoms with Crippen LogP contribution in [-0.2, 0) is 20.7 Å². The van der Waals surface area contributed by atoms with E-state index < -0.39 is 17.9 Å². The Morgan fingerprint density at radius 1 is 1.20 bits per heavy atom. The third-order valence-corrected chi connectivity index (χ3v) is 6.71. The van der Waals surface area contributed by atoms with Crippen molar-refractivity contribution in [2.24, 2.45) is 5.73 Å². The zero-order valence-corrected chi connectivity index (χ0v) is 18.9. The highest BCUT2D eigenvalue weighted by atomic mass is 16.5. The zero-order chi connectivity index (χ0) is 24.5. The summed E-state index contributed by atoms with van der Waals surface area (Å²) in [5.41, 5.74) is 7.80. The SMILES string of the molecule is NC(=O)c1ccc(-c2cnco2)cc1C(Cc1ccc(O)cc1)C(=O)N1CCCC2OCC(=O)C21. The van der Waals surface area contributed by atoms with Crippen LogP contribution in [0, 0.1) is 0 Å². The van der Waals surface area contributed by atoms with Crippen molar-refractivity contribution >= 4 is 17.6 Å². The number of aromatic nitrogens is 1. The van der Waals surface area contributed by atoms with Crippen LogP contribution in [0.4, 0.5) is 0 Å². The smallest absolute Gasteiger partial charge is 0.249 e. The molecule has 0 saturated carbocycles. The van der Waals surface area contributed by atoms with Gasteiger partial charge in [0.25, 0.3) is 0 Å². The number of phenolic OH excluding ortho intramolecular Hbond substituents is 1. The molecule has 5 rings (SSSR count). The largest absolute Gasteiger partial charge is 0.508 e. The summed E-state index contributed by atoms with van der Waals surface area (Å²) in [5.74, 6) is -1.27. The Kier molecular flexibility index (Phi) is 6.08. The van der Waals surface area contributed by atoms with E-state index in [1.165, 1.54) is 6.39 Å². The van der Waals surface area contributed by atoms with Crippen molar-refractivity contribution in [1.29, 1.82) is 0 Å². The van der Waals surface area contributed by atoms with E-state index in [2.05, 4.69) is 4.98 Å². The number of fused-ring (bicyclic) bond motifs is 1. The van der Waals surface area contributed by atoms with Crippen LogP contribution in [0.3, 0.4) is 0 Å². The van der Waals surface area contributed by atoms with Gasteiger partial charge in [-0.05, 0) is 54.7 Å².